The molecule has 1 aromatic carbocycles. The normalized spacial score (nSPS) is 11.3. The number of alkyl halides is 3. The summed E-state index contributed by atoms with van der Waals surface area (Å²) in [6.07, 6.45) is -4.67. The first-order chi connectivity index (χ1) is 9.84. The summed E-state index contributed by atoms with van der Waals surface area (Å²) in [4.78, 5) is 14.9. The van der Waals surface area contributed by atoms with Gasteiger partial charge in [-0.3, -0.25) is 0 Å². The smallest absolute Gasteiger partial charge is 0.433 e. The molecule has 1 aromatic heterocycles. The van der Waals surface area contributed by atoms with E-state index in [0.717, 1.165) is 7.11 Å². The number of halogens is 3. The number of aryl methyl sites for hydroxylation is 1. The standard InChI is InChI=1S/C15H12F3NO2/c1-9-8-11(14(20)21-2)19-13(15(16,17)18)12(9)10-6-4-3-5-7-10/h3-8H,1-2H3. The van der Waals surface area contributed by atoms with Crippen LogP contribution in [0.1, 0.15) is 21.7 Å². The van der Waals surface area contributed by atoms with Crippen LogP contribution in [-0.4, -0.2) is 18.1 Å². The van der Waals surface area contributed by atoms with Gasteiger partial charge in [0.2, 0.25) is 0 Å². The Morgan fingerprint density at radius 3 is 2.33 bits per heavy atom. The number of aromatic nitrogens is 1. The highest BCUT2D eigenvalue weighted by Crippen LogP contribution is 2.37. The van der Waals surface area contributed by atoms with Crippen molar-refractivity contribution in [3.05, 3.63) is 53.3 Å². The average molecular weight is 295 g/mol. The molecule has 0 unspecified atom stereocenters. The Balaban J connectivity index is 2.73. The molecule has 6 heteroatoms. The lowest BCUT2D eigenvalue weighted by Gasteiger charge is -2.16. The summed E-state index contributed by atoms with van der Waals surface area (Å²) in [5.41, 5.74) is -0.776. The summed E-state index contributed by atoms with van der Waals surface area (Å²) in [6, 6.07) is 9.42. The number of rotatable bonds is 2. The third kappa shape index (κ3) is 3.04. The van der Waals surface area contributed by atoms with E-state index in [-0.39, 0.29) is 11.3 Å². The summed E-state index contributed by atoms with van der Waals surface area (Å²) in [7, 11) is 1.09. The molecule has 2 rings (SSSR count). The van der Waals surface area contributed by atoms with Gasteiger partial charge in [0.25, 0.3) is 0 Å². The second-order valence-electron chi connectivity index (χ2n) is 4.40. The van der Waals surface area contributed by atoms with Gasteiger partial charge < -0.3 is 4.74 Å². The number of carbonyl (C=O) groups is 1. The molecule has 0 amide bonds. The van der Waals surface area contributed by atoms with Crippen LogP contribution in [0.25, 0.3) is 11.1 Å². The third-order valence-corrected chi connectivity index (χ3v) is 2.94. The molecule has 0 aliphatic carbocycles. The van der Waals surface area contributed by atoms with Crippen molar-refractivity contribution < 1.29 is 22.7 Å². The SMILES string of the molecule is COC(=O)c1cc(C)c(-c2ccccc2)c(C(F)(F)F)n1. The maximum absolute atomic E-state index is 13.2. The highest BCUT2D eigenvalue weighted by atomic mass is 19.4. The monoisotopic (exact) mass is 295 g/mol. The molecule has 0 saturated heterocycles. The molecule has 110 valence electrons. The van der Waals surface area contributed by atoms with Crippen LogP contribution in [0.3, 0.4) is 0 Å². The molecular weight excluding hydrogens is 283 g/mol. The van der Waals surface area contributed by atoms with Crippen LogP contribution < -0.4 is 0 Å². The fourth-order valence-electron chi connectivity index (χ4n) is 2.06. The first kappa shape index (κ1) is 15.0. The largest absolute Gasteiger partial charge is 0.464 e. The van der Waals surface area contributed by atoms with Crippen molar-refractivity contribution in [2.24, 2.45) is 0 Å². The minimum absolute atomic E-state index is 0.0317. The lowest BCUT2D eigenvalue weighted by Crippen LogP contribution is -2.15. The molecule has 0 radical (unpaired) electrons. The molecule has 0 fully saturated rings. The number of esters is 1. The zero-order chi connectivity index (χ0) is 15.6. The van der Waals surface area contributed by atoms with E-state index < -0.39 is 17.8 Å². The van der Waals surface area contributed by atoms with Gasteiger partial charge in [-0.05, 0) is 24.1 Å². The van der Waals surface area contributed by atoms with Gasteiger partial charge in [0.1, 0.15) is 5.69 Å². The molecule has 3 nitrogen and oxygen atoms in total. The highest BCUT2D eigenvalue weighted by Gasteiger charge is 2.37. The second kappa shape index (κ2) is 5.55. The number of hydrogen-bond donors (Lipinski definition) is 0. The number of carbonyl (C=O) groups excluding carboxylic acids is 1. The van der Waals surface area contributed by atoms with Gasteiger partial charge in [-0.1, -0.05) is 30.3 Å². The van der Waals surface area contributed by atoms with Gasteiger partial charge in [0.05, 0.1) is 7.11 Å². The Labute approximate surface area is 119 Å². The van der Waals surface area contributed by atoms with Gasteiger partial charge >= 0.3 is 12.1 Å². The van der Waals surface area contributed by atoms with Crippen LogP contribution in [-0.2, 0) is 10.9 Å². The molecule has 0 bridgehead atoms. The van der Waals surface area contributed by atoms with E-state index in [1.165, 1.54) is 13.0 Å². The van der Waals surface area contributed by atoms with Crippen LogP contribution in [0.15, 0.2) is 36.4 Å². The summed E-state index contributed by atoms with van der Waals surface area (Å²) >= 11 is 0. The molecule has 1 heterocycles. The molecule has 0 saturated carbocycles. The molecule has 0 N–H and O–H groups in total. The Bertz CT molecular complexity index is 667. The zero-order valence-corrected chi connectivity index (χ0v) is 11.4. The van der Waals surface area contributed by atoms with Gasteiger partial charge in [-0.2, -0.15) is 13.2 Å². The zero-order valence-electron chi connectivity index (χ0n) is 11.4. The first-order valence-electron chi connectivity index (χ1n) is 6.07. The Hall–Kier alpha value is -2.37. The maximum Gasteiger partial charge on any atom is 0.433 e. The average Bonchev–Trinajstić information content (AvgIpc) is 2.45. The molecular formula is C15H12F3NO2. The van der Waals surface area contributed by atoms with Crippen molar-refractivity contribution in [3.8, 4) is 11.1 Å². The number of benzene rings is 1. The summed E-state index contributed by atoms with van der Waals surface area (Å²) < 4.78 is 44.2. The van der Waals surface area contributed by atoms with E-state index in [1.807, 2.05) is 0 Å². The van der Waals surface area contributed by atoms with Crippen molar-refractivity contribution >= 4 is 5.97 Å². The van der Waals surface area contributed by atoms with E-state index in [9.17, 15) is 18.0 Å². The van der Waals surface area contributed by atoms with Crippen LogP contribution in [0.4, 0.5) is 13.2 Å². The van der Waals surface area contributed by atoms with Gasteiger partial charge in [0, 0.05) is 5.56 Å². The lowest BCUT2D eigenvalue weighted by atomic mass is 9.98. The molecule has 0 atom stereocenters. The molecule has 2 aromatic rings. The number of hydrogen-bond acceptors (Lipinski definition) is 3. The van der Waals surface area contributed by atoms with Gasteiger partial charge in [-0.15, -0.1) is 0 Å². The van der Waals surface area contributed by atoms with Crippen molar-refractivity contribution in [1.29, 1.82) is 0 Å². The van der Waals surface area contributed by atoms with E-state index in [1.54, 1.807) is 30.3 Å². The van der Waals surface area contributed by atoms with E-state index >= 15 is 0 Å². The topological polar surface area (TPSA) is 39.2 Å². The number of methoxy groups -OCH3 is 1. The van der Waals surface area contributed by atoms with Crippen molar-refractivity contribution in [1.82, 2.24) is 4.98 Å². The number of nitrogens with zero attached hydrogens (tertiary/aromatic N) is 1. The maximum atomic E-state index is 13.2. The lowest BCUT2D eigenvalue weighted by molar-refractivity contribution is -0.140. The molecule has 21 heavy (non-hydrogen) atoms. The van der Waals surface area contributed by atoms with Gasteiger partial charge in [0.15, 0.2) is 5.69 Å². The Morgan fingerprint density at radius 2 is 1.81 bits per heavy atom. The van der Waals surface area contributed by atoms with Crippen LogP contribution in [0, 0.1) is 6.92 Å². The van der Waals surface area contributed by atoms with E-state index in [2.05, 4.69) is 9.72 Å². The minimum Gasteiger partial charge on any atom is -0.464 e. The van der Waals surface area contributed by atoms with Gasteiger partial charge in [-0.25, -0.2) is 9.78 Å². The minimum atomic E-state index is -4.67. The first-order valence-corrected chi connectivity index (χ1v) is 6.07. The second-order valence-corrected chi connectivity index (χ2v) is 4.40. The molecule has 0 aliphatic rings. The van der Waals surface area contributed by atoms with Crippen LogP contribution in [0.2, 0.25) is 0 Å². The fraction of sp³-hybridized carbons (Fsp3) is 0.200. The van der Waals surface area contributed by atoms with E-state index in [4.69, 9.17) is 0 Å². The Morgan fingerprint density at radius 1 is 1.19 bits per heavy atom. The predicted molar refractivity (Wildman–Crippen MR) is 70.8 cm³/mol. The Kier molecular flexibility index (Phi) is 3.97. The number of ether oxygens (including phenoxy) is 1. The summed E-state index contributed by atoms with van der Waals surface area (Å²) in [6.45, 7) is 1.51. The van der Waals surface area contributed by atoms with Crippen molar-refractivity contribution in [2.45, 2.75) is 13.1 Å². The number of pyridine rings is 1. The molecule has 0 spiro atoms. The fourth-order valence-corrected chi connectivity index (χ4v) is 2.06. The highest BCUT2D eigenvalue weighted by molar-refractivity contribution is 5.88. The summed E-state index contributed by atoms with van der Waals surface area (Å²) in [5.74, 6) is -0.900. The van der Waals surface area contributed by atoms with E-state index in [0.29, 0.717) is 11.1 Å². The summed E-state index contributed by atoms with van der Waals surface area (Å²) in [5, 5.41) is 0. The quantitative estimate of drug-likeness (QED) is 0.790. The van der Waals surface area contributed by atoms with Crippen molar-refractivity contribution in [2.75, 3.05) is 7.11 Å². The predicted octanol–water partition coefficient (Wildman–Crippen LogP) is 3.86. The van der Waals surface area contributed by atoms with Crippen LogP contribution in [0.5, 0.6) is 0 Å². The van der Waals surface area contributed by atoms with Crippen LogP contribution >= 0.6 is 0 Å². The van der Waals surface area contributed by atoms with Crippen molar-refractivity contribution in [3.63, 3.8) is 0 Å². The third-order valence-electron chi connectivity index (χ3n) is 2.94. The molecule has 0 aliphatic heterocycles.